The third kappa shape index (κ3) is 4.57. The van der Waals surface area contributed by atoms with E-state index in [0.717, 1.165) is 17.1 Å². The van der Waals surface area contributed by atoms with Crippen molar-refractivity contribution in [2.75, 3.05) is 17.7 Å². The Morgan fingerprint density at radius 2 is 1.92 bits per heavy atom. The smallest absolute Gasteiger partial charge is 0.234 e. The number of thioether (sulfide) groups is 1. The molecule has 0 aliphatic carbocycles. The highest BCUT2D eigenvalue weighted by Gasteiger charge is 2.11. The van der Waals surface area contributed by atoms with E-state index in [-0.39, 0.29) is 11.7 Å². The highest BCUT2D eigenvalue weighted by atomic mass is 32.2. The van der Waals surface area contributed by atoms with E-state index in [2.05, 4.69) is 20.8 Å². The first kappa shape index (κ1) is 17.0. The molecule has 1 aromatic heterocycles. The van der Waals surface area contributed by atoms with Crippen LogP contribution in [0.15, 0.2) is 59.8 Å². The van der Waals surface area contributed by atoms with Crippen LogP contribution < -0.4 is 10.1 Å². The number of nitrogens with one attached hydrogen (secondary N) is 1. The molecule has 1 heterocycles. The Balaban J connectivity index is 1.57. The second kappa shape index (κ2) is 8.29. The summed E-state index contributed by atoms with van der Waals surface area (Å²) in [4.78, 5) is 12.1. The lowest BCUT2D eigenvalue weighted by Crippen LogP contribution is -2.14. The SMILES string of the molecule is CCOc1ccc(NC(=O)CSc2nnnn2-c2ccccc2)cc1. The average molecular weight is 355 g/mol. The maximum atomic E-state index is 12.1. The van der Waals surface area contributed by atoms with Crippen LogP contribution >= 0.6 is 11.8 Å². The Morgan fingerprint density at radius 1 is 1.16 bits per heavy atom. The molecule has 0 spiro atoms. The molecule has 128 valence electrons. The van der Waals surface area contributed by atoms with Crippen LogP contribution in [0.3, 0.4) is 0 Å². The summed E-state index contributed by atoms with van der Waals surface area (Å²) in [5.41, 5.74) is 1.57. The Morgan fingerprint density at radius 3 is 2.64 bits per heavy atom. The van der Waals surface area contributed by atoms with E-state index in [1.54, 1.807) is 4.68 Å². The fraction of sp³-hybridized carbons (Fsp3) is 0.176. The highest BCUT2D eigenvalue weighted by molar-refractivity contribution is 7.99. The molecule has 0 saturated heterocycles. The van der Waals surface area contributed by atoms with Gasteiger partial charge in [0.1, 0.15) is 5.75 Å². The molecule has 8 heteroatoms. The maximum absolute atomic E-state index is 12.1. The number of tetrazole rings is 1. The Labute approximate surface area is 149 Å². The number of hydrogen-bond acceptors (Lipinski definition) is 6. The molecule has 1 N–H and O–H groups in total. The number of para-hydroxylation sites is 1. The molecule has 1 amide bonds. The molecule has 0 fully saturated rings. The molecule has 0 radical (unpaired) electrons. The van der Waals surface area contributed by atoms with Gasteiger partial charge in [-0.15, -0.1) is 5.10 Å². The minimum Gasteiger partial charge on any atom is -0.494 e. The van der Waals surface area contributed by atoms with Gasteiger partial charge in [0.2, 0.25) is 11.1 Å². The first-order valence-corrected chi connectivity index (χ1v) is 8.74. The van der Waals surface area contributed by atoms with Crippen molar-refractivity contribution < 1.29 is 9.53 Å². The molecule has 25 heavy (non-hydrogen) atoms. The van der Waals surface area contributed by atoms with Crippen molar-refractivity contribution in [3.8, 4) is 11.4 Å². The fourth-order valence-corrected chi connectivity index (χ4v) is 2.82. The number of carbonyl (C=O) groups is 1. The lowest BCUT2D eigenvalue weighted by Gasteiger charge is -2.07. The van der Waals surface area contributed by atoms with Crippen LogP contribution in [0.1, 0.15) is 6.92 Å². The summed E-state index contributed by atoms with van der Waals surface area (Å²) in [6.45, 7) is 2.54. The molecule has 0 aliphatic rings. The first-order valence-electron chi connectivity index (χ1n) is 7.75. The zero-order valence-electron chi connectivity index (χ0n) is 13.6. The second-order valence-electron chi connectivity index (χ2n) is 5.00. The van der Waals surface area contributed by atoms with Crippen LogP contribution in [-0.4, -0.2) is 38.5 Å². The van der Waals surface area contributed by atoms with Crippen LogP contribution in [0.5, 0.6) is 5.75 Å². The largest absolute Gasteiger partial charge is 0.494 e. The quantitative estimate of drug-likeness (QED) is 0.656. The predicted molar refractivity (Wildman–Crippen MR) is 96.1 cm³/mol. The van der Waals surface area contributed by atoms with Gasteiger partial charge in [-0.05, 0) is 53.7 Å². The van der Waals surface area contributed by atoms with Crippen molar-refractivity contribution in [3.63, 3.8) is 0 Å². The van der Waals surface area contributed by atoms with Crippen molar-refractivity contribution in [1.82, 2.24) is 20.2 Å². The number of anilines is 1. The number of aromatic nitrogens is 4. The van der Waals surface area contributed by atoms with Crippen molar-refractivity contribution in [2.24, 2.45) is 0 Å². The Hall–Kier alpha value is -2.87. The summed E-state index contributed by atoms with van der Waals surface area (Å²) in [5, 5.41) is 15.0. The van der Waals surface area contributed by atoms with Crippen molar-refractivity contribution in [3.05, 3.63) is 54.6 Å². The number of ether oxygens (including phenoxy) is 1. The molecule has 7 nitrogen and oxygen atoms in total. The predicted octanol–water partition coefficient (Wildman–Crippen LogP) is 2.79. The molecular weight excluding hydrogens is 338 g/mol. The van der Waals surface area contributed by atoms with Crippen LogP contribution in [-0.2, 0) is 4.79 Å². The summed E-state index contributed by atoms with van der Waals surface area (Å²) < 4.78 is 6.98. The third-order valence-electron chi connectivity index (χ3n) is 3.22. The van der Waals surface area contributed by atoms with Gasteiger partial charge in [0.15, 0.2) is 0 Å². The van der Waals surface area contributed by atoms with Crippen LogP contribution in [0.2, 0.25) is 0 Å². The molecule has 0 bridgehead atoms. The summed E-state index contributed by atoms with van der Waals surface area (Å²) in [6, 6.07) is 16.8. The molecule has 0 unspecified atom stereocenters. The van der Waals surface area contributed by atoms with Gasteiger partial charge in [0.05, 0.1) is 18.0 Å². The van der Waals surface area contributed by atoms with E-state index in [4.69, 9.17) is 4.74 Å². The zero-order chi connectivity index (χ0) is 17.5. The van der Waals surface area contributed by atoms with E-state index in [1.807, 2.05) is 61.5 Å². The van der Waals surface area contributed by atoms with E-state index >= 15 is 0 Å². The van der Waals surface area contributed by atoms with E-state index in [1.165, 1.54) is 11.8 Å². The summed E-state index contributed by atoms with van der Waals surface area (Å²) in [7, 11) is 0. The lowest BCUT2D eigenvalue weighted by atomic mass is 10.3. The Kier molecular flexibility index (Phi) is 5.63. The zero-order valence-corrected chi connectivity index (χ0v) is 14.4. The minimum absolute atomic E-state index is 0.128. The summed E-state index contributed by atoms with van der Waals surface area (Å²) in [5.74, 6) is 0.856. The maximum Gasteiger partial charge on any atom is 0.234 e. The molecule has 3 aromatic rings. The Bertz CT molecular complexity index is 821. The number of carbonyl (C=O) groups excluding carboxylic acids is 1. The standard InChI is InChI=1S/C17H17N5O2S/c1-2-24-15-10-8-13(9-11-15)18-16(23)12-25-17-19-20-21-22(17)14-6-4-3-5-7-14/h3-11H,2,12H2,1H3,(H,18,23). The minimum atomic E-state index is -0.128. The molecule has 0 atom stereocenters. The number of hydrogen-bond donors (Lipinski definition) is 1. The van der Waals surface area contributed by atoms with Crippen LogP contribution in [0, 0.1) is 0 Å². The van der Waals surface area contributed by atoms with Gasteiger partial charge in [-0.25, -0.2) is 0 Å². The second-order valence-corrected chi connectivity index (χ2v) is 5.95. The average Bonchev–Trinajstić information content (AvgIpc) is 3.11. The van der Waals surface area contributed by atoms with Gasteiger partial charge in [-0.2, -0.15) is 4.68 Å². The van der Waals surface area contributed by atoms with Crippen molar-refractivity contribution in [1.29, 1.82) is 0 Å². The van der Waals surface area contributed by atoms with E-state index in [0.29, 0.717) is 11.8 Å². The molecular formula is C17H17N5O2S. The number of amides is 1. The van der Waals surface area contributed by atoms with Gasteiger partial charge in [0, 0.05) is 5.69 Å². The van der Waals surface area contributed by atoms with Crippen molar-refractivity contribution in [2.45, 2.75) is 12.1 Å². The van der Waals surface area contributed by atoms with Gasteiger partial charge in [-0.1, -0.05) is 30.0 Å². The van der Waals surface area contributed by atoms with E-state index < -0.39 is 0 Å². The molecule has 2 aromatic carbocycles. The van der Waals surface area contributed by atoms with Gasteiger partial charge < -0.3 is 10.1 Å². The monoisotopic (exact) mass is 355 g/mol. The topological polar surface area (TPSA) is 81.9 Å². The molecule has 3 rings (SSSR count). The fourth-order valence-electron chi connectivity index (χ4n) is 2.13. The van der Waals surface area contributed by atoms with Crippen molar-refractivity contribution >= 4 is 23.4 Å². The number of benzene rings is 2. The van der Waals surface area contributed by atoms with Gasteiger partial charge in [-0.3, -0.25) is 4.79 Å². The normalized spacial score (nSPS) is 10.4. The molecule has 0 aliphatic heterocycles. The summed E-state index contributed by atoms with van der Waals surface area (Å²) >= 11 is 1.28. The third-order valence-corrected chi connectivity index (χ3v) is 4.14. The van der Waals surface area contributed by atoms with Gasteiger partial charge >= 0.3 is 0 Å². The number of nitrogens with zero attached hydrogens (tertiary/aromatic N) is 4. The molecule has 0 saturated carbocycles. The van der Waals surface area contributed by atoms with E-state index in [9.17, 15) is 4.79 Å². The van der Waals surface area contributed by atoms with Crippen LogP contribution in [0.25, 0.3) is 5.69 Å². The summed E-state index contributed by atoms with van der Waals surface area (Å²) in [6.07, 6.45) is 0. The van der Waals surface area contributed by atoms with Crippen LogP contribution in [0.4, 0.5) is 5.69 Å². The van der Waals surface area contributed by atoms with Gasteiger partial charge in [0.25, 0.3) is 0 Å². The lowest BCUT2D eigenvalue weighted by molar-refractivity contribution is -0.113. The highest BCUT2D eigenvalue weighted by Crippen LogP contribution is 2.19. The first-order chi connectivity index (χ1) is 12.3. The number of rotatable bonds is 7.